The van der Waals surface area contributed by atoms with Gasteiger partial charge in [0.25, 0.3) is 5.56 Å². The van der Waals surface area contributed by atoms with Crippen LogP contribution in [0, 0.1) is 9.49 Å². The van der Waals surface area contributed by atoms with Crippen LogP contribution in [0.3, 0.4) is 0 Å². The first kappa shape index (κ1) is 11.1. The van der Waals surface area contributed by atoms with E-state index in [1.807, 2.05) is 0 Å². The number of hydrogen-bond acceptors (Lipinski definition) is 2. The van der Waals surface area contributed by atoms with Crippen LogP contribution >= 0.6 is 22.6 Å². The monoisotopic (exact) mass is 318 g/mol. The zero-order chi connectivity index (χ0) is 11.0. The van der Waals surface area contributed by atoms with Gasteiger partial charge in [-0.1, -0.05) is 13.8 Å². The SMILES string of the molecule is CC(C)Cc1nc(C2CC2)[nH]c(=O)c1I. The summed E-state index contributed by atoms with van der Waals surface area (Å²) in [6.45, 7) is 4.30. The Hall–Kier alpha value is -0.390. The highest BCUT2D eigenvalue weighted by molar-refractivity contribution is 14.1. The molecule has 4 heteroatoms. The summed E-state index contributed by atoms with van der Waals surface area (Å²) in [4.78, 5) is 19.1. The Morgan fingerprint density at radius 1 is 1.53 bits per heavy atom. The predicted molar refractivity (Wildman–Crippen MR) is 68.1 cm³/mol. The van der Waals surface area contributed by atoms with Crippen molar-refractivity contribution in [2.24, 2.45) is 5.92 Å². The van der Waals surface area contributed by atoms with Gasteiger partial charge in [-0.15, -0.1) is 0 Å². The van der Waals surface area contributed by atoms with Gasteiger partial charge < -0.3 is 4.98 Å². The van der Waals surface area contributed by atoms with Crippen LogP contribution in [-0.4, -0.2) is 9.97 Å². The standard InChI is InChI=1S/C11H15IN2O/c1-6(2)5-8-9(12)11(15)14-10(13-8)7-3-4-7/h6-7H,3-5H2,1-2H3,(H,13,14,15). The van der Waals surface area contributed by atoms with E-state index in [4.69, 9.17) is 0 Å². The molecule has 0 unspecified atom stereocenters. The van der Waals surface area contributed by atoms with Crippen LogP contribution in [0.25, 0.3) is 0 Å². The summed E-state index contributed by atoms with van der Waals surface area (Å²) in [5, 5.41) is 0. The number of aromatic amines is 1. The molecule has 15 heavy (non-hydrogen) atoms. The van der Waals surface area contributed by atoms with Crippen LogP contribution in [0.2, 0.25) is 0 Å². The molecule has 1 fully saturated rings. The van der Waals surface area contributed by atoms with Crippen molar-refractivity contribution >= 4 is 22.6 Å². The molecule has 1 aromatic rings. The maximum atomic E-state index is 11.7. The largest absolute Gasteiger partial charge is 0.309 e. The maximum absolute atomic E-state index is 11.7. The molecule has 3 nitrogen and oxygen atoms in total. The van der Waals surface area contributed by atoms with Crippen molar-refractivity contribution in [2.75, 3.05) is 0 Å². The Bertz CT molecular complexity index is 421. The molecule has 1 N–H and O–H groups in total. The zero-order valence-corrected chi connectivity index (χ0v) is 11.2. The van der Waals surface area contributed by atoms with E-state index < -0.39 is 0 Å². The third kappa shape index (κ3) is 2.59. The van der Waals surface area contributed by atoms with Gasteiger partial charge in [-0.3, -0.25) is 4.79 Å². The average Bonchev–Trinajstić information content (AvgIpc) is 2.94. The highest BCUT2D eigenvalue weighted by Crippen LogP contribution is 2.37. The molecule has 82 valence electrons. The highest BCUT2D eigenvalue weighted by atomic mass is 127. The first-order chi connectivity index (χ1) is 7.08. The summed E-state index contributed by atoms with van der Waals surface area (Å²) in [6.07, 6.45) is 3.23. The molecule has 0 bridgehead atoms. The van der Waals surface area contributed by atoms with Gasteiger partial charge in [0.15, 0.2) is 0 Å². The molecule has 1 aliphatic carbocycles. The first-order valence-electron chi connectivity index (χ1n) is 5.36. The summed E-state index contributed by atoms with van der Waals surface area (Å²) in [5.74, 6) is 1.96. The van der Waals surface area contributed by atoms with Gasteiger partial charge in [-0.25, -0.2) is 4.98 Å². The molecule has 1 saturated carbocycles. The minimum absolute atomic E-state index is 0.0307. The molecule has 0 radical (unpaired) electrons. The van der Waals surface area contributed by atoms with Crippen molar-refractivity contribution in [3.8, 4) is 0 Å². The quantitative estimate of drug-likeness (QED) is 0.870. The number of nitrogens with one attached hydrogen (secondary N) is 1. The van der Waals surface area contributed by atoms with Gasteiger partial charge in [0, 0.05) is 5.92 Å². The molecular formula is C11H15IN2O. The van der Waals surface area contributed by atoms with Crippen LogP contribution in [0.4, 0.5) is 0 Å². The molecular weight excluding hydrogens is 303 g/mol. The summed E-state index contributed by atoms with van der Waals surface area (Å²) in [7, 11) is 0. The van der Waals surface area contributed by atoms with E-state index in [9.17, 15) is 4.79 Å². The second-order valence-corrected chi connectivity index (χ2v) is 5.66. The van der Waals surface area contributed by atoms with Crippen molar-refractivity contribution in [2.45, 2.75) is 39.0 Å². The van der Waals surface area contributed by atoms with Crippen LogP contribution in [0.1, 0.15) is 44.1 Å². The molecule has 0 spiro atoms. The van der Waals surface area contributed by atoms with E-state index in [1.165, 1.54) is 12.8 Å². The third-order valence-corrected chi connectivity index (χ3v) is 3.63. The molecule has 2 rings (SSSR count). The lowest BCUT2D eigenvalue weighted by Gasteiger charge is -2.07. The van der Waals surface area contributed by atoms with Gasteiger partial charge >= 0.3 is 0 Å². The smallest absolute Gasteiger partial charge is 0.264 e. The average molecular weight is 318 g/mol. The fraction of sp³-hybridized carbons (Fsp3) is 0.636. The number of aromatic nitrogens is 2. The molecule has 0 saturated heterocycles. The molecule has 1 aromatic heterocycles. The van der Waals surface area contributed by atoms with Crippen LogP contribution in [0.5, 0.6) is 0 Å². The Balaban J connectivity index is 2.38. The summed E-state index contributed by atoms with van der Waals surface area (Å²) in [5.41, 5.74) is 0.999. The van der Waals surface area contributed by atoms with Crippen molar-refractivity contribution in [1.82, 2.24) is 9.97 Å². The van der Waals surface area contributed by atoms with Gasteiger partial charge in [0.2, 0.25) is 0 Å². The van der Waals surface area contributed by atoms with E-state index in [2.05, 4.69) is 46.4 Å². The summed E-state index contributed by atoms with van der Waals surface area (Å²) >= 11 is 2.09. The van der Waals surface area contributed by atoms with E-state index in [0.717, 1.165) is 21.5 Å². The number of H-pyrrole nitrogens is 1. The third-order valence-electron chi connectivity index (χ3n) is 2.52. The van der Waals surface area contributed by atoms with E-state index >= 15 is 0 Å². The van der Waals surface area contributed by atoms with Crippen molar-refractivity contribution in [1.29, 1.82) is 0 Å². The Morgan fingerprint density at radius 2 is 2.20 bits per heavy atom. The minimum atomic E-state index is 0.0307. The summed E-state index contributed by atoms with van der Waals surface area (Å²) < 4.78 is 0.755. The van der Waals surface area contributed by atoms with E-state index in [0.29, 0.717) is 11.8 Å². The second-order valence-electron chi connectivity index (χ2n) is 4.58. The predicted octanol–water partition coefficient (Wildman–Crippen LogP) is 2.45. The number of nitrogens with zero attached hydrogens (tertiary/aromatic N) is 1. The second kappa shape index (κ2) is 4.23. The lowest BCUT2D eigenvalue weighted by Crippen LogP contribution is -2.18. The van der Waals surface area contributed by atoms with Crippen LogP contribution < -0.4 is 5.56 Å². The van der Waals surface area contributed by atoms with Gasteiger partial charge in [-0.05, 0) is 47.8 Å². The van der Waals surface area contributed by atoms with Gasteiger partial charge in [0.05, 0.1) is 9.26 Å². The first-order valence-corrected chi connectivity index (χ1v) is 6.44. The molecule has 0 amide bonds. The highest BCUT2D eigenvalue weighted by Gasteiger charge is 2.27. The molecule has 0 aromatic carbocycles. The fourth-order valence-corrected chi connectivity index (χ4v) is 2.07. The molecule has 0 atom stereocenters. The number of rotatable bonds is 3. The molecule has 1 heterocycles. The molecule has 1 aliphatic rings. The Labute approximate surface area is 103 Å². The Morgan fingerprint density at radius 3 is 2.73 bits per heavy atom. The number of hydrogen-bond donors (Lipinski definition) is 1. The fourth-order valence-electron chi connectivity index (χ4n) is 1.60. The maximum Gasteiger partial charge on any atom is 0.264 e. The topological polar surface area (TPSA) is 45.8 Å². The molecule has 0 aliphatic heterocycles. The minimum Gasteiger partial charge on any atom is -0.309 e. The van der Waals surface area contributed by atoms with Gasteiger partial charge in [-0.2, -0.15) is 0 Å². The van der Waals surface area contributed by atoms with Crippen molar-refractivity contribution in [3.05, 3.63) is 25.4 Å². The van der Waals surface area contributed by atoms with Crippen LogP contribution in [0.15, 0.2) is 4.79 Å². The normalized spacial score (nSPS) is 16.0. The lowest BCUT2D eigenvalue weighted by molar-refractivity contribution is 0.625. The van der Waals surface area contributed by atoms with E-state index in [1.54, 1.807) is 0 Å². The zero-order valence-electron chi connectivity index (χ0n) is 9.01. The van der Waals surface area contributed by atoms with Crippen molar-refractivity contribution in [3.63, 3.8) is 0 Å². The number of halogens is 1. The lowest BCUT2D eigenvalue weighted by atomic mass is 10.1. The Kier molecular flexibility index (Phi) is 3.13. The summed E-state index contributed by atoms with van der Waals surface area (Å²) in [6, 6.07) is 0. The van der Waals surface area contributed by atoms with E-state index in [-0.39, 0.29) is 5.56 Å². The van der Waals surface area contributed by atoms with Crippen molar-refractivity contribution < 1.29 is 0 Å². The van der Waals surface area contributed by atoms with Gasteiger partial charge in [0.1, 0.15) is 5.82 Å². The van der Waals surface area contributed by atoms with Crippen LogP contribution in [-0.2, 0) is 6.42 Å².